The predicted molar refractivity (Wildman–Crippen MR) is 84.6 cm³/mol. The summed E-state index contributed by atoms with van der Waals surface area (Å²) in [6, 6.07) is 18.4. The first-order valence-electron chi connectivity index (χ1n) is 7.51. The molecular formula is C18H18N2O2. The molecule has 22 heavy (non-hydrogen) atoms. The summed E-state index contributed by atoms with van der Waals surface area (Å²) < 4.78 is 4.94. The Morgan fingerprint density at radius 2 is 1.86 bits per heavy atom. The molecule has 1 fully saturated rings. The van der Waals surface area contributed by atoms with Crippen LogP contribution in [0.3, 0.4) is 0 Å². The molecule has 2 aliphatic rings. The van der Waals surface area contributed by atoms with Crippen molar-refractivity contribution < 1.29 is 9.53 Å². The van der Waals surface area contributed by atoms with Gasteiger partial charge in [-0.2, -0.15) is 0 Å². The Labute approximate surface area is 129 Å². The number of carbonyl (C=O) groups excluding carboxylic acids is 1. The number of fused-ring (bicyclic) bond motifs is 3. The normalized spacial score (nSPS) is 28.6. The van der Waals surface area contributed by atoms with E-state index in [1.165, 1.54) is 18.2 Å². The van der Waals surface area contributed by atoms with E-state index in [4.69, 9.17) is 4.74 Å². The van der Waals surface area contributed by atoms with E-state index in [0.29, 0.717) is 6.42 Å². The van der Waals surface area contributed by atoms with Crippen LogP contribution in [-0.2, 0) is 14.9 Å². The van der Waals surface area contributed by atoms with Crippen molar-refractivity contribution in [3.8, 4) is 0 Å². The number of para-hydroxylation sites is 1. The number of nitrogens with one attached hydrogen (secondary N) is 2. The van der Waals surface area contributed by atoms with Gasteiger partial charge in [0.1, 0.15) is 6.04 Å². The number of hydrogen-bond acceptors (Lipinski definition) is 4. The number of anilines is 1. The highest BCUT2D eigenvalue weighted by Crippen LogP contribution is 2.51. The van der Waals surface area contributed by atoms with Gasteiger partial charge in [0.05, 0.1) is 18.7 Å². The van der Waals surface area contributed by atoms with Crippen LogP contribution in [0.1, 0.15) is 17.5 Å². The fourth-order valence-corrected chi connectivity index (χ4v) is 3.90. The monoisotopic (exact) mass is 294 g/mol. The van der Waals surface area contributed by atoms with Gasteiger partial charge in [0.15, 0.2) is 0 Å². The Kier molecular flexibility index (Phi) is 2.94. The lowest BCUT2D eigenvalue weighted by Gasteiger charge is -2.29. The topological polar surface area (TPSA) is 50.4 Å². The largest absolute Gasteiger partial charge is 0.468 e. The highest BCUT2D eigenvalue weighted by atomic mass is 16.5. The molecule has 0 saturated carbocycles. The van der Waals surface area contributed by atoms with Crippen molar-refractivity contribution in [1.29, 1.82) is 0 Å². The maximum absolute atomic E-state index is 12.0. The summed E-state index contributed by atoms with van der Waals surface area (Å²) in [6.07, 6.45) is 0.689. The first-order chi connectivity index (χ1) is 10.8. The number of esters is 1. The van der Waals surface area contributed by atoms with Crippen molar-refractivity contribution in [2.75, 3.05) is 12.4 Å². The third kappa shape index (κ3) is 1.70. The maximum Gasteiger partial charge on any atom is 0.322 e. The molecule has 2 heterocycles. The van der Waals surface area contributed by atoms with Gasteiger partial charge in [-0.15, -0.1) is 0 Å². The first-order valence-corrected chi connectivity index (χ1v) is 7.51. The number of methoxy groups -OCH3 is 1. The van der Waals surface area contributed by atoms with Gasteiger partial charge in [-0.1, -0.05) is 48.5 Å². The molecule has 0 bridgehead atoms. The minimum Gasteiger partial charge on any atom is -0.468 e. The lowest BCUT2D eigenvalue weighted by molar-refractivity contribution is -0.142. The number of hydrogen-bond donors (Lipinski definition) is 2. The van der Waals surface area contributed by atoms with Crippen LogP contribution in [0, 0.1) is 0 Å². The van der Waals surface area contributed by atoms with Crippen molar-refractivity contribution in [1.82, 2.24) is 5.32 Å². The van der Waals surface area contributed by atoms with Crippen molar-refractivity contribution in [2.45, 2.75) is 24.0 Å². The molecule has 2 aromatic carbocycles. The molecule has 4 nitrogen and oxygen atoms in total. The fraction of sp³-hybridized carbons (Fsp3) is 0.278. The minimum absolute atomic E-state index is 0.00333. The summed E-state index contributed by atoms with van der Waals surface area (Å²) in [5, 5.41) is 6.93. The molecule has 4 rings (SSSR count). The molecule has 0 aliphatic carbocycles. The zero-order valence-electron chi connectivity index (χ0n) is 12.4. The second-order valence-corrected chi connectivity index (χ2v) is 5.91. The predicted octanol–water partition coefficient (Wildman–Crippen LogP) is 2.26. The summed E-state index contributed by atoms with van der Waals surface area (Å²) in [6.45, 7) is 0. The molecule has 0 radical (unpaired) electrons. The minimum atomic E-state index is -0.295. The zero-order valence-corrected chi connectivity index (χ0v) is 12.4. The van der Waals surface area contributed by atoms with E-state index in [9.17, 15) is 4.79 Å². The quantitative estimate of drug-likeness (QED) is 0.834. The van der Waals surface area contributed by atoms with E-state index in [1.807, 2.05) is 24.3 Å². The summed E-state index contributed by atoms with van der Waals surface area (Å²) in [7, 11) is 1.44. The molecule has 112 valence electrons. The van der Waals surface area contributed by atoms with Gasteiger partial charge in [0, 0.05) is 5.69 Å². The Bertz CT molecular complexity index is 716. The van der Waals surface area contributed by atoms with E-state index < -0.39 is 0 Å². The Balaban J connectivity index is 1.87. The van der Waals surface area contributed by atoms with Crippen molar-refractivity contribution in [3.05, 3.63) is 65.7 Å². The molecular weight excluding hydrogens is 276 g/mol. The standard InChI is InChI=1S/C18H18N2O2/c1-22-16(21)15-11-18(12-7-3-2-4-8-12)13-9-5-6-10-14(13)19-17(18)20-15/h2-10,15,17,19-20H,11H2,1H3/t15-,17+,18-/m1/s1. The summed E-state index contributed by atoms with van der Waals surface area (Å²) in [4.78, 5) is 12.0. The smallest absolute Gasteiger partial charge is 0.322 e. The number of ether oxygens (including phenoxy) is 1. The van der Waals surface area contributed by atoms with Gasteiger partial charge in [0.25, 0.3) is 0 Å². The van der Waals surface area contributed by atoms with Gasteiger partial charge < -0.3 is 10.1 Å². The second kappa shape index (κ2) is 4.85. The van der Waals surface area contributed by atoms with Crippen LogP contribution in [0.4, 0.5) is 5.69 Å². The number of rotatable bonds is 2. The third-order valence-corrected chi connectivity index (χ3v) is 4.87. The van der Waals surface area contributed by atoms with Crippen molar-refractivity contribution in [3.63, 3.8) is 0 Å². The third-order valence-electron chi connectivity index (χ3n) is 4.87. The van der Waals surface area contributed by atoms with Crippen LogP contribution in [0.25, 0.3) is 0 Å². The average molecular weight is 294 g/mol. The summed E-state index contributed by atoms with van der Waals surface area (Å²) in [5.74, 6) is -0.205. The molecule has 2 aromatic rings. The van der Waals surface area contributed by atoms with E-state index in [2.05, 4.69) is 41.0 Å². The van der Waals surface area contributed by atoms with Crippen molar-refractivity contribution in [2.24, 2.45) is 0 Å². The first kappa shape index (κ1) is 13.3. The van der Waals surface area contributed by atoms with Gasteiger partial charge in [-0.3, -0.25) is 10.1 Å². The van der Waals surface area contributed by atoms with Crippen LogP contribution in [-0.4, -0.2) is 25.3 Å². The zero-order chi connectivity index (χ0) is 15.2. The highest BCUT2D eigenvalue weighted by Gasteiger charge is 2.56. The van der Waals surface area contributed by atoms with Gasteiger partial charge in [0.2, 0.25) is 0 Å². The Morgan fingerprint density at radius 1 is 1.14 bits per heavy atom. The van der Waals surface area contributed by atoms with Crippen LogP contribution in [0.15, 0.2) is 54.6 Å². The van der Waals surface area contributed by atoms with Crippen molar-refractivity contribution >= 4 is 11.7 Å². The van der Waals surface area contributed by atoms with Crippen LogP contribution >= 0.6 is 0 Å². The number of carbonyl (C=O) groups is 1. The summed E-state index contributed by atoms with van der Waals surface area (Å²) in [5.41, 5.74) is 3.35. The Morgan fingerprint density at radius 3 is 2.64 bits per heavy atom. The second-order valence-electron chi connectivity index (χ2n) is 5.91. The van der Waals surface area contributed by atoms with Gasteiger partial charge >= 0.3 is 5.97 Å². The van der Waals surface area contributed by atoms with Gasteiger partial charge in [-0.25, -0.2) is 0 Å². The molecule has 0 amide bonds. The molecule has 4 heteroatoms. The molecule has 0 spiro atoms. The SMILES string of the molecule is COC(=O)[C@H]1C[C@@]2(c3ccccc3)c3ccccc3N[C@H]2N1. The molecule has 2 aliphatic heterocycles. The summed E-state index contributed by atoms with van der Waals surface area (Å²) >= 11 is 0. The molecule has 3 atom stereocenters. The van der Waals surface area contributed by atoms with E-state index >= 15 is 0 Å². The Hall–Kier alpha value is -2.33. The van der Waals surface area contributed by atoms with E-state index in [1.54, 1.807) is 0 Å². The molecule has 2 N–H and O–H groups in total. The average Bonchev–Trinajstić information content (AvgIpc) is 3.09. The molecule has 1 saturated heterocycles. The maximum atomic E-state index is 12.0. The molecule has 0 unspecified atom stereocenters. The lowest BCUT2D eigenvalue weighted by Crippen LogP contribution is -2.43. The van der Waals surface area contributed by atoms with Crippen LogP contribution in [0.2, 0.25) is 0 Å². The van der Waals surface area contributed by atoms with Crippen LogP contribution in [0.5, 0.6) is 0 Å². The molecule has 0 aromatic heterocycles. The number of benzene rings is 2. The van der Waals surface area contributed by atoms with E-state index in [0.717, 1.165) is 5.69 Å². The lowest BCUT2D eigenvalue weighted by atomic mass is 9.72. The fourth-order valence-electron chi connectivity index (χ4n) is 3.90. The van der Waals surface area contributed by atoms with Gasteiger partial charge in [-0.05, 0) is 23.6 Å². The van der Waals surface area contributed by atoms with E-state index in [-0.39, 0.29) is 23.6 Å². The van der Waals surface area contributed by atoms with Crippen LogP contribution < -0.4 is 10.6 Å². The highest BCUT2D eigenvalue weighted by molar-refractivity contribution is 5.79.